The first kappa shape index (κ1) is 15.0. The minimum Gasteiger partial charge on any atom is -0.396 e. The predicted octanol–water partition coefficient (Wildman–Crippen LogP) is 2.40. The van der Waals surface area contributed by atoms with Crippen molar-refractivity contribution in [3.8, 4) is 0 Å². The second-order valence-corrected chi connectivity index (χ2v) is 4.57. The molecule has 2 N–H and O–H groups in total. The third-order valence-electron chi connectivity index (χ3n) is 2.57. The molecule has 0 spiro atoms. The van der Waals surface area contributed by atoms with Crippen molar-refractivity contribution in [2.24, 2.45) is 0 Å². The summed E-state index contributed by atoms with van der Waals surface area (Å²) in [4.78, 5) is 12.2. The SMILES string of the molecule is O=C(NCCCCCCO)c1cc(S)ccc1F. The van der Waals surface area contributed by atoms with E-state index >= 15 is 0 Å². The molecule has 0 aliphatic heterocycles. The summed E-state index contributed by atoms with van der Waals surface area (Å²) in [5.74, 6) is -0.948. The number of halogens is 1. The Bertz CT molecular complexity index is 399. The molecule has 1 amide bonds. The average molecular weight is 271 g/mol. The van der Waals surface area contributed by atoms with E-state index in [1.165, 1.54) is 18.2 Å². The summed E-state index contributed by atoms with van der Waals surface area (Å²) in [7, 11) is 0. The van der Waals surface area contributed by atoms with E-state index in [1.807, 2.05) is 0 Å². The molecule has 0 aliphatic carbocycles. The van der Waals surface area contributed by atoms with Gasteiger partial charge in [-0.25, -0.2) is 4.39 Å². The lowest BCUT2D eigenvalue weighted by Crippen LogP contribution is -2.25. The number of thiol groups is 1. The largest absolute Gasteiger partial charge is 0.396 e. The maximum Gasteiger partial charge on any atom is 0.254 e. The third-order valence-corrected chi connectivity index (χ3v) is 2.84. The van der Waals surface area contributed by atoms with Gasteiger partial charge in [-0.15, -0.1) is 12.6 Å². The highest BCUT2D eigenvalue weighted by Gasteiger charge is 2.10. The molecule has 0 aliphatic rings. The van der Waals surface area contributed by atoms with Gasteiger partial charge in [0.15, 0.2) is 0 Å². The van der Waals surface area contributed by atoms with Crippen molar-refractivity contribution in [3.05, 3.63) is 29.6 Å². The molecule has 1 aromatic carbocycles. The molecule has 0 saturated carbocycles. The number of nitrogens with one attached hydrogen (secondary N) is 1. The number of aliphatic hydroxyl groups is 1. The summed E-state index contributed by atoms with van der Waals surface area (Å²) < 4.78 is 13.4. The normalized spacial score (nSPS) is 10.4. The van der Waals surface area contributed by atoms with Gasteiger partial charge in [-0.3, -0.25) is 4.79 Å². The fraction of sp³-hybridized carbons (Fsp3) is 0.462. The number of hydrogen-bond donors (Lipinski definition) is 3. The lowest BCUT2D eigenvalue weighted by atomic mass is 10.2. The first-order valence-corrected chi connectivity index (χ1v) is 6.47. The average Bonchev–Trinajstić information content (AvgIpc) is 2.36. The quantitative estimate of drug-likeness (QED) is 0.527. The van der Waals surface area contributed by atoms with Gasteiger partial charge in [0.05, 0.1) is 5.56 Å². The first-order valence-electron chi connectivity index (χ1n) is 6.02. The maximum atomic E-state index is 13.4. The van der Waals surface area contributed by atoms with Crippen molar-refractivity contribution >= 4 is 18.5 Å². The fourth-order valence-corrected chi connectivity index (χ4v) is 1.78. The molecule has 0 bridgehead atoms. The molecular weight excluding hydrogens is 253 g/mol. The van der Waals surface area contributed by atoms with Gasteiger partial charge in [-0.2, -0.15) is 0 Å². The summed E-state index contributed by atoms with van der Waals surface area (Å²) in [6.45, 7) is 0.715. The van der Waals surface area contributed by atoms with Crippen LogP contribution in [0.4, 0.5) is 4.39 Å². The second kappa shape index (κ2) is 8.11. The van der Waals surface area contributed by atoms with Crippen molar-refractivity contribution in [2.45, 2.75) is 30.6 Å². The number of benzene rings is 1. The minimum absolute atomic E-state index is 0.0258. The Labute approximate surface area is 112 Å². The van der Waals surface area contributed by atoms with Gasteiger partial charge < -0.3 is 10.4 Å². The Morgan fingerprint density at radius 1 is 1.28 bits per heavy atom. The van der Waals surface area contributed by atoms with E-state index in [2.05, 4.69) is 17.9 Å². The molecule has 0 fully saturated rings. The van der Waals surface area contributed by atoms with Crippen LogP contribution in [-0.4, -0.2) is 24.2 Å². The van der Waals surface area contributed by atoms with Crippen LogP contribution in [0.2, 0.25) is 0 Å². The van der Waals surface area contributed by atoms with Crippen molar-refractivity contribution in [2.75, 3.05) is 13.2 Å². The molecule has 100 valence electrons. The van der Waals surface area contributed by atoms with E-state index in [0.717, 1.165) is 25.7 Å². The molecule has 0 aromatic heterocycles. The Kier molecular flexibility index (Phi) is 6.75. The van der Waals surface area contributed by atoms with Crippen molar-refractivity contribution in [1.29, 1.82) is 0 Å². The number of carbonyl (C=O) groups is 1. The molecule has 0 unspecified atom stereocenters. The highest BCUT2D eigenvalue weighted by atomic mass is 32.1. The number of hydrogen-bond acceptors (Lipinski definition) is 3. The van der Waals surface area contributed by atoms with Crippen LogP contribution in [0.25, 0.3) is 0 Å². The summed E-state index contributed by atoms with van der Waals surface area (Å²) in [5, 5.41) is 11.3. The number of amides is 1. The van der Waals surface area contributed by atoms with Crippen LogP contribution >= 0.6 is 12.6 Å². The van der Waals surface area contributed by atoms with Crippen LogP contribution in [0.3, 0.4) is 0 Å². The summed E-state index contributed by atoms with van der Waals surface area (Å²) in [5.41, 5.74) is 0.0258. The third kappa shape index (κ3) is 5.06. The summed E-state index contributed by atoms with van der Waals surface area (Å²) in [6.07, 6.45) is 3.49. The van der Waals surface area contributed by atoms with Crippen LogP contribution in [0.15, 0.2) is 23.1 Å². The number of carbonyl (C=O) groups excluding carboxylic acids is 1. The Morgan fingerprint density at radius 3 is 2.72 bits per heavy atom. The van der Waals surface area contributed by atoms with Crippen LogP contribution in [-0.2, 0) is 0 Å². The molecule has 0 heterocycles. The molecular formula is C13H18FNO2S. The molecule has 0 saturated heterocycles. The van der Waals surface area contributed by atoms with Crippen molar-refractivity contribution in [1.82, 2.24) is 5.32 Å². The molecule has 0 atom stereocenters. The van der Waals surface area contributed by atoms with E-state index in [-0.39, 0.29) is 12.2 Å². The van der Waals surface area contributed by atoms with Gasteiger partial charge in [0.1, 0.15) is 5.82 Å². The van der Waals surface area contributed by atoms with Crippen LogP contribution < -0.4 is 5.32 Å². The topological polar surface area (TPSA) is 49.3 Å². The van der Waals surface area contributed by atoms with E-state index < -0.39 is 11.7 Å². The highest BCUT2D eigenvalue weighted by molar-refractivity contribution is 7.80. The van der Waals surface area contributed by atoms with Gasteiger partial charge in [0, 0.05) is 18.0 Å². The molecule has 0 radical (unpaired) electrons. The van der Waals surface area contributed by atoms with Crippen LogP contribution in [0, 0.1) is 5.82 Å². The summed E-state index contributed by atoms with van der Waals surface area (Å²) in [6, 6.07) is 4.15. The second-order valence-electron chi connectivity index (χ2n) is 4.06. The van der Waals surface area contributed by atoms with Crippen molar-refractivity contribution in [3.63, 3.8) is 0 Å². The molecule has 18 heavy (non-hydrogen) atoms. The number of aliphatic hydroxyl groups excluding tert-OH is 1. The fourth-order valence-electron chi connectivity index (χ4n) is 1.57. The minimum atomic E-state index is -0.536. The zero-order valence-electron chi connectivity index (χ0n) is 10.2. The predicted molar refractivity (Wildman–Crippen MR) is 71.5 cm³/mol. The Hall–Kier alpha value is -1.07. The van der Waals surface area contributed by atoms with E-state index in [1.54, 1.807) is 0 Å². The van der Waals surface area contributed by atoms with E-state index in [4.69, 9.17) is 5.11 Å². The van der Waals surface area contributed by atoms with Crippen molar-refractivity contribution < 1.29 is 14.3 Å². The van der Waals surface area contributed by atoms with Gasteiger partial charge in [0.25, 0.3) is 5.91 Å². The standard InChI is InChI=1S/C13H18FNO2S/c14-12-6-5-10(18)9-11(12)13(17)15-7-3-1-2-4-8-16/h5-6,9,16,18H,1-4,7-8H2,(H,15,17). The van der Waals surface area contributed by atoms with Gasteiger partial charge in [-0.05, 0) is 31.0 Å². The maximum absolute atomic E-state index is 13.4. The highest BCUT2D eigenvalue weighted by Crippen LogP contribution is 2.13. The smallest absolute Gasteiger partial charge is 0.254 e. The number of rotatable bonds is 7. The zero-order chi connectivity index (χ0) is 13.4. The van der Waals surface area contributed by atoms with Gasteiger partial charge in [-0.1, -0.05) is 12.8 Å². The lowest BCUT2D eigenvalue weighted by molar-refractivity contribution is 0.0948. The van der Waals surface area contributed by atoms with E-state index in [0.29, 0.717) is 11.4 Å². The monoisotopic (exact) mass is 271 g/mol. The molecule has 1 rings (SSSR count). The molecule has 1 aromatic rings. The van der Waals surface area contributed by atoms with E-state index in [9.17, 15) is 9.18 Å². The van der Waals surface area contributed by atoms with Crippen LogP contribution in [0.1, 0.15) is 36.0 Å². The Balaban J connectivity index is 2.34. The Morgan fingerprint density at radius 2 is 2.00 bits per heavy atom. The van der Waals surface area contributed by atoms with Gasteiger partial charge >= 0.3 is 0 Å². The van der Waals surface area contributed by atoms with Gasteiger partial charge in [0.2, 0.25) is 0 Å². The summed E-state index contributed by atoms with van der Waals surface area (Å²) >= 11 is 4.07. The zero-order valence-corrected chi connectivity index (χ0v) is 11.0. The molecule has 3 nitrogen and oxygen atoms in total. The van der Waals surface area contributed by atoms with Crippen LogP contribution in [0.5, 0.6) is 0 Å². The first-order chi connectivity index (χ1) is 8.65. The number of unbranched alkanes of at least 4 members (excludes halogenated alkanes) is 3. The lowest BCUT2D eigenvalue weighted by Gasteiger charge is -2.06. The molecule has 5 heteroatoms.